The molecular weight excluding hydrogens is 289 g/mol. The van der Waals surface area contributed by atoms with Crippen LogP contribution in [0, 0.1) is 0 Å². The van der Waals surface area contributed by atoms with E-state index in [2.05, 4.69) is 10.2 Å². The number of benzene rings is 1. The first-order chi connectivity index (χ1) is 11.2. The molecule has 2 radical (unpaired) electrons. The van der Waals surface area contributed by atoms with E-state index in [1.165, 1.54) is 5.57 Å². The Balaban J connectivity index is 1.99. The largest absolute Gasteiger partial charge is 0.421 e. The van der Waals surface area contributed by atoms with Gasteiger partial charge in [0.1, 0.15) is 0 Å². The minimum Gasteiger partial charge on any atom is -0.421 e. The van der Waals surface area contributed by atoms with Crippen LogP contribution in [0.2, 0.25) is 0 Å². The van der Waals surface area contributed by atoms with Gasteiger partial charge in [-0.05, 0) is 18.4 Å². The van der Waals surface area contributed by atoms with Gasteiger partial charge in [-0.2, -0.15) is 0 Å². The maximum atomic E-state index is 11.3. The van der Waals surface area contributed by atoms with E-state index in [1.54, 1.807) is 4.90 Å². The predicted octanol–water partition coefficient (Wildman–Crippen LogP) is 2.82. The molecule has 1 amide bonds. The molecule has 0 atom stereocenters. The summed E-state index contributed by atoms with van der Waals surface area (Å²) < 4.78 is 5.79. The molecular formula is C17H18BN3O2. The van der Waals surface area contributed by atoms with E-state index < -0.39 is 0 Å². The third-order valence-corrected chi connectivity index (χ3v) is 4.08. The van der Waals surface area contributed by atoms with Gasteiger partial charge in [-0.3, -0.25) is 4.79 Å². The number of carbonyl (C=O) groups is 1. The summed E-state index contributed by atoms with van der Waals surface area (Å²) in [5.74, 6) is 0.815. The molecule has 1 aliphatic rings. The minimum absolute atomic E-state index is 0.364. The van der Waals surface area contributed by atoms with Crippen molar-refractivity contribution in [2.24, 2.45) is 0 Å². The van der Waals surface area contributed by atoms with E-state index in [4.69, 9.17) is 12.3 Å². The summed E-state index contributed by atoms with van der Waals surface area (Å²) >= 11 is 0. The van der Waals surface area contributed by atoms with Crippen molar-refractivity contribution < 1.29 is 9.21 Å². The normalized spacial score (nSPS) is 14.8. The highest BCUT2D eigenvalue weighted by Gasteiger charge is 2.22. The molecule has 23 heavy (non-hydrogen) atoms. The van der Waals surface area contributed by atoms with Gasteiger partial charge in [0, 0.05) is 25.1 Å². The number of carbonyl (C=O) groups excluding carboxylic acids is 1. The summed E-state index contributed by atoms with van der Waals surface area (Å²) in [6.07, 6.45) is 2.23. The van der Waals surface area contributed by atoms with Crippen molar-refractivity contribution in [3.8, 4) is 0 Å². The van der Waals surface area contributed by atoms with Crippen LogP contribution in [0.15, 0.2) is 40.3 Å². The Kier molecular flexibility index (Phi) is 4.60. The van der Waals surface area contributed by atoms with Gasteiger partial charge in [-0.1, -0.05) is 42.8 Å². The van der Waals surface area contributed by atoms with Crippen LogP contribution in [0.3, 0.4) is 0 Å². The summed E-state index contributed by atoms with van der Waals surface area (Å²) in [5, 5.41) is 8.30. The van der Waals surface area contributed by atoms with Crippen LogP contribution in [0.25, 0.3) is 5.57 Å². The molecule has 1 aromatic carbocycles. The molecule has 6 heteroatoms. The quantitative estimate of drug-likeness (QED) is 0.818. The van der Waals surface area contributed by atoms with Crippen LogP contribution in [-0.2, 0) is 6.42 Å². The summed E-state index contributed by atoms with van der Waals surface area (Å²) in [4.78, 5) is 13.0. The third kappa shape index (κ3) is 3.36. The van der Waals surface area contributed by atoms with Gasteiger partial charge in [0.15, 0.2) is 5.81 Å². The first-order valence-electron chi connectivity index (χ1n) is 7.83. The van der Waals surface area contributed by atoms with Gasteiger partial charge < -0.3 is 9.32 Å². The van der Waals surface area contributed by atoms with Crippen LogP contribution in [0.5, 0.6) is 0 Å². The zero-order valence-electron chi connectivity index (χ0n) is 13.2. The number of nitrogens with zero attached hydrogens (tertiary/aromatic N) is 3. The average Bonchev–Trinajstić information content (AvgIpc) is 3.05. The van der Waals surface area contributed by atoms with E-state index in [1.807, 2.05) is 37.3 Å². The molecule has 0 aliphatic carbocycles. The van der Waals surface area contributed by atoms with Crippen molar-refractivity contribution in [3.05, 3.63) is 53.2 Å². The van der Waals surface area contributed by atoms with Crippen LogP contribution < -0.4 is 0 Å². The monoisotopic (exact) mass is 307 g/mol. The Morgan fingerprint density at radius 1 is 1.22 bits per heavy atom. The second-order valence-corrected chi connectivity index (χ2v) is 5.52. The Morgan fingerprint density at radius 3 is 2.48 bits per heavy atom. The first-order valence-corrected chi connectivity index (χ1v) is 7.83. The van der Waals surface area contributed by atoms with E-state index >= 15 is 0 Å². The van der Waals surface area contributed by atoms with Gasteiger partial charge in [-0.25, -0.2) is 0 Å². The summed E-state index contributed by atoms with van der Waals surface area (Å²) in [7, 11) is 5.36. The minimum atomic E-state index is -0.364. The lowest BCUT2D eigenvalue weighted by Crippen LogP contribution is -2.35. The molecule has 3 rings (SSSR count). The highest BCUT2D eigenvalue weighted by Crippen LogP contribution is 2.31. The molecule has 0 saturated carbocycles. The maximum absolute atomic E-state index is 11.3. The fourth-order valence-electron chi connectivity index (χ4n) is 2.83. The SMILES string of the molecule is [B]C(=O)N1CCC(=C(c2ccccc2)c2nnc(CC)o2)CC1. The van der Waals surface area contributed by atoms with E-state index in [9.17, 15) is 4.79 Å². The summed E-state index contributed by atoms with van der Waals surface area (Å²) in [6.45, 7) is 3.23. The van der Waals surface area contributed by atoms with E-state index in [0.717, 1.165) is 24.0 Å². The summed E-state index contributed by atoms with van der Waals surface area (Å²) in [6, 6.07) is 10.0. The molecule has 0 unspecified atom stereocenters. The first kappa shape index (κ1) is 15.5. The van der Waals surface area contributed by atoms with E-state index in [-0.39, 0.29) is 5.81 Å². The van der Waals surface area contributed by atoms with Gasteiger partial charge in [0.05, 0.1) is 0 Å². The highest BCUT2D eigenvalue weighted by atomic mass is 16.4. The maximum Gasteiger partial charge on any atom is 0.248 e. The zero-order chi connectivity index (χ0) is 16.2. The predicted molar refractivity (Wildman–Crippen MR) is 88.1 cm³/mol. The van der Waals surface area contributed by atoms with Crippen molar-refractivity contribution in [2.75, 3.05) is 13.1 Å². The fraction of sp³-hybridized carbons (Fsp3) is 0.353. The number of amides is 1. The Morgan fingerprint density at radius 2 is 1.91 bits per heavy atom. The molecule has 2 heterocycles. The summed E-state index contributed by atoms with van der Waals surface area (Å²) in [5.41, 5.74) is 3.27. The molecule has 1 saturated heterocycles. The van der Waals surface area contributed by atoms with Crippen molar-refractivity contribution >= 4 is 19.2 Å². The van der Waals surface area contributed by atoms with Gasteiger partial charge in [0.25, 0.3) is 0 Å². The highest BCUT2D eigenvalue weighted by molar-refractivity contribution is 6.56. The van der Waals surface area contributed by atoms with Crippen molar-refractivity contribution in [1.29, 1.82) is 0 Å². The number of aromatic nitrogens is 2. The molecule has 116 valence electrons. The average molecular weight is 307 g/mol. The Labute approximate surface area is 136 Å². The molecule has 1 aromatic heterocycles. The molecule has 1 aliphatic heterocycles. The number of hydrogen-bond donors (Lipinski definition) is 0. The fourth-order valence-corrected chi connectivity index (χ4v) is 2.83. The Hall–Kier alpha value is -2.37. The lowest BCUT2D eigenvalue weighted by atomic mass is 9.92. The number of likely N-dealkylation sites (tertiary alicyclic amines) is 1. The van der Waals surface area contributed by atoms with Gasteiger partial charge in [0.2, 0.25) is 19.6 Å². The van der Waals surface area contributed by atoms with Crippen LogP contribution in [-0.4, -0.2) is 41.8 Å². The molecule has 1 fully saturated rings. The van der Waals surface area contributed by atoms with Gasteiger partial charge in [-0.15, -0.1) is 10.2 Å². The molecule has 0 spiro atoms. The van der Waals surface area contributed by atoms with Crippen molar-refractivity contribution in [2.45, 2.75) is 26.2 Å². The lowest BCUT2D eigenvalue weighted by molar-refractivity contribution is 0.217. The van der Waals surface area contributed by atoms with E-state index in [0.29, 0.717) is 31.3 Å². The zero-order valence-corrected chi connectivity index (χ0v) is 13.2. The third-order valence-electron chi connectivity index (χ3n) is 4.08. The number of hydrogen-bond acceptors (Lipinski definition) is 4. The molecule has 0 bridgehead atoms. The topological polar surface area (TPSA) is 59.2 Å². The second-order valence-electron chi connectivity index (χ2n) is 5.52. The van der Waals surface area contributed by atoms with Crippen LogP contribution in [0.4, 0.5) is 4.79 Å². The van der Waals surface area contributed by atoms with Crippen LogP contribution in [0.1, 0.15) is 37.1 Å². The Bertz CT molecular complexity index is 714. The molecule has 5 nitrogen and oxygen atoms in total. The van der Waals surface area contributed by atoms with Crippen molar-refractivity contribution in [1.82, 2.24) is 15.1 Å². The second kappa shape index (κ2) is 6.81. The van der Waals surface area contributed by atoms with Crippen LogP contribution >= 0.6 is 0 Å². The van der Waals surface area contributed by atoms with Crippen molar-refractivity contribution in [3.63, 3.8) is 0 Å². The molecule has 2 aromatic rings. The number of aryl methyl sites for hydroxylation is 1. The lowest BCUT2D eigenvalue weighted by Gasteiger charge is -2.29. The number of rotatable bonds is 3. The molecule has 0 N–H and O–H groups in total. The smallest absolute Gasteiger partial charge is 0.248 e. The standard InChI is InChI=1S/C17H18BN3O2/c1-2-14-19-20-16(23-14)15(12-6-4-3-5-7-12)13-8-10-21(11-9-13)17(18)22/h3-7H,2,8-11H2,1H3. The van der Waals surface area contributed by atoms with Gasteiger partial charge >= 0.3 is 0 Å². The number of piperidine rings is 1.